The maximum Gasteiger partial charge on any atom is 0.416 e. The van der Waals surface area contributed by atoms with E-state index in [0.717, 1.165) is 31.0 Å². The summed E-state index contributed by atoms with van der Waals surface area (Å²) < 4.78 is 71.3. The molecule has 2 aromatic rings. The van der Waals surface area contributed by atoms with Crippen LogP contribution in [0.3, 0.4) is 0 Å². The number of nitrogens with zero attached hydrogens (tertiary/aromatic N) is 1. The van der Waals surface area contributed by atoms with Crippen molar-refractivity contribution in [3.05, 3.63) is 53.1 Å². The molecule has 0 aliphatic carbocycles. The van der Waals surface area contributed by atoms with Crippen LogP contribution in [0.5, 0.6) is 5.75 Å². The van der Waals surface area contributed by atoms with E-state index in [-0.39, 0.29) is 33.9 Å². The topological polar surface area (TPSA) is 75.7 Å². The second kappa shape index (κ2) is 9.58. The fourth-order valence-corrected chi connectivity index (χ4v) is 4.60. The lowest BCUT2D eigenvalue weighted by atomic mass is 9.99. The zero-order valence-corrected chi connectivity index (χ0v) is 18.7. The highest BCUT2D eigenvalue weighted by Crippen LogP contribution is 2.32. The van der Waals surface area contributed by atoms with Gasteiger partial charge in [0, 0.05) is 18.8 Å². The summed E-state index contributed by atoms with van der Waals surface area (Å²) in [5.74, 6) is 0.521. The molecule has 0 unspecified atom stereocenters. The molecule has 0 aromatic heterocycles. The van der Waals surface area contributed by atoms with Gasteiger partial charge in [-0.25, -0.2) is 8.42 Å². The minimum absolute atomic E-state index is 0.0445. The highest BCUT2D eigenvalue weighted by atomic mass is 35.5. The van der Waals surface area contributed by atoms with Gasteiger partial charge in [0.15, 0.2) is 6.61 Å². The lowest BCUT2D eigenvalue weighted by Gasteiger charge is -2.30. The summed E-state index contributed by atoms with van der Waals surface area (Å²) in [4.78, 5) is 13.7. The van der Waals surface area contributed by atoms with E-state index in [0.29, 0.717) is 25.1 Å². The zero-order valence-electron chi connectivity index (χ0n) is 17.2. The summed E-state index contributed by atoms with van der Waals surface area (Å²) in [6.07, 6.45) is -2.75. The molecule has 1 aliphatic rings. The summed E-state index contributed by atoms with van der Waals surface area (Å²) in [6, 6.07) is 7.46. The number of benzene rings is 2. The lowest BCUT2D eigenvalue weighted by Crippen LogP contribution is -2.40. The van der Waals surface area contributed by atoms with E-state index < -0.39 is 21.8 Å². The molecular formula is C21H22ClF3N2O4S. The third-order valence-corrected chi connectivity index (χ3v) is 6.82. The minimum Gasteiger partial charge on any atom is -0.482 e. The third kappa shape index (κ3) is 6.07. The van der Waals surface area contributed by atoms with Gasteiger partial charge in [0.1, 0.15) is 5.75 Å². The first-order valence-electron chi connectivity index (χ1n) is 9.86. The largest absolute Gasteiger partial charge is 0.482 e. The summed E-state index contributed by atoms with van der Waals surface area (Å²) in [5, 5.41) is -0.0445. The van der Waals surface area contributed by atoms with Crippen LogP contribution in [0.15, 0.2) is 47.4 Å². The molecule has 0 radical (unpaired) electrons. The summed E-state index contributed by atoms with van der Waals surface area (Å²) in [6.45, 7) is 3.23. The first kappa shape index (κ1) is 24.2. The van der Waals surface area contributed by atoms with E-state index in [1.165, 1.54) is 18.2 Å². The van der Waals surface area contributed by atoms with E-state index in [1.807, 2.05) is 0 Å². The Labute approximate surface area is 189 Å². The predicted octanol–water partition coefficient (Wildman–Crippen LogP) is 4.80. The molecule has 1 amide bonds. The monoisotopic (exact) mass is 490 g/mol. The van der Waals surface area contributed by atoms with Crippen LogP contribution in [0.1, 0.15) is 25.3 Å². The average molecular weight is 491 g/mol. The van der Waals surface area contributed by atoms with Gasteiger partial charge < -0.3 is 9.64 Å². The van der Waals surface area contributed by atoms with Crippen molar-refractivity contribution >= 4 is 33.2 Å². The van der Waals surface area contributed by atoms with Crippen LogP contribution < -0.4 is 9.46 Å². The lowest BCUT2D eigenvalue weighted by molar-refractivity contribution is -0.137. The average Bonchev–Trinajstić information content (AvgIpc) is 2.72. The van der Waals surface area contributed by atoms with Crippen LogP contribution in [0, 0.1) is 5.92 Å². The molecular weight excluding hydrogens is 469 g/mol. The number of amides is 1. The number of hydrogen-bond acceptors (Lipinski definition) is 4. The highest BCUT2D eigenvalue weighted by molar-refractivity contribution is 7.92. The molecule has 1 N–H and O–H groups in total. The Morgan fingerprint density at radius 2 is 1.88 bits per heavy atom. The molecule has 32 heavy (non-hydrogen) atoms. The van der Waals surface area contributed by atoms with Gasteiger partial charge in [-0.15, -0.1) is 0 Å². The number of anilines is 1. The second-order valence-electron chi connectivity index (χ2n) is 7.63. The van der Waals surface area contributed by atoms with Crippen molar-refractivity contribution in [1.29, 1.82) is 0 Å². The number of sulfonamides is 1. The Morgan fingerprint density at radius 1 is 1.19 bits per heavy atom. The molecule has 3 rings (SSSR count). The molecule has 1 heterocycles. The van der Waals surface area contributed by atoms with Gasteiger partial charge in [0.25, 0.3) is 15.9 Å². The van der Waals surface area contributed by atoms with Gasteiger partial charge in [-0.1, -0.05) is 24.6 Å². The quantitative estimate of drug-likeness (QED) is 0.631. The molecule has 1 fully saturated rings. The summed E-state index contributed by atoms with van der Waals surface area (Å²) in [7, 11) is -4.20. The fraction of sp³-hybridized carbons (Fsp3) is 0.381. The smallest absolute Gasteiger partial charge is 0.416 e. The van der Waals surface area contributed by atoms with Crippen molar-refractivity contribution in [3.8, 4) is 5.75 Å². The van der Waals surface area contributed by atoms with Crippen LogP contribution in [-0.4, -0.2) is 38.9 Å². The van der Waals surface area contributed by atoms with Crippen molar-refractivity contribution in [3.63, 3.8) is 0 Å². The molecule has 11 heteroatoms. The number of carbonyl (C=O) groups excluding carboxylic acids is 1. The van der Waals surface area contributed by atoms with Crippen molar-refractivity contribution in [2.45, 2.75) is 30.8 Å². The Balaban J connectivity index is 1.67. The van der Waals surface area contributed by atoms with Crippen molar-refractivity contribution in [2.24, 2.45) is 5.92 Å². The Morgan fingerprint density at radius 3 is 2.50 bits per heavy atom. The van der Waals surface area contributed by atoms with Crippen LogP contribution >= 0.6 is 11.6 Å². The van der Waals surface area contributed by atoms with E-state index in [2.05, 4.69) is 11.6 Å². The summed E-state index contributed by atoms with van der Waals surface area (Å²) in [5.41, 5.74) is -1.22. The number of halogens is 4. The van der Waals surface area contributed by atoms with E-state index >= 15 is 0 Å². The van der Waals surface area contributed by atoms with Crippen molar-refractivity contribution in [1.82, 2.24) is 4.90 Å². The highest BCUT2D eigenvalue weighted by Gasteiger charge is 2.31. The number of likely N-dealkylation sites (tertiary alicyclic amines) is 1. The number of nitrogens with one attached hydrogen (secondary N) is 1. The molecule has 0 atom stereocenters. The van der Waals surface area contributed by atoms with Crippen LogP contribution in [-0.2, 0) is 21.0 Å². The van der Waals surface area contributed by atoms with Crippen LogP contribution in [0.4, 0.5) is 18.9 Å². The number of ether oxygens (including phenoxy) is 1. The van der Waals surface area contributed by atoms with Crippen LogP contribution in [0.2, 0.25) is 5.02 Å². The van der Waals surface area contributed by atoms with Crippen LogP contribution in [0.25, 0.3) is 0 Å². The number of piperidine rings is 1. The molecule has 174 valence electrons. The SMILES string of the molecule is CC1CCN(C(=O)COc2ccc(S(=O)(=O)Nc3cccc(C(F)(F)F)c3)cc2Cl)CC1. The first-order valence-corrected chi connectivity index (χ1v) is 11.7. The molecule has 0 spiro atoms. The van der Waals surface area contributed by atoms with Gasteiger partial charge in [0.2, 0.25) is 0 Å². The second-order valence-corrected chi connectivity index (χ2v) is 9.72. The molecule has 1 aliphatic heterocycles. The molecule has 2 aromatic carbocycles. The normalized spacial score (nSPS) is 15.5. The number of carbonyl (C=O) groups is 1. The molecule has 6 nitrogen and oxygen atoms in total. The van der Waals surface area contributed by atoms with Gasteiger partial charge in [-0.3, -0.25) is 9.52 Å². The molecule has 1 saturated heterocycles. The van der Waals surface area contributed by atoms with Gasteiger partial charge in [-0.2, -0.15) is 13.2 Å². The van der Waals surface area contributed by atoms with E-state index in [1.54, 1.807) is 4.90 Å². The van der Waals surface area contributed by atoms with E-state index in [9.17, 15) is 26.4 Å². The molecule has 0 bridgehead atoms. The standard InChI is InChI=1S/C21H22ClF3N2O4S/c1-14-7-9-27(10-8-14)20(28)13-31-19-6-5-17(12-18(19)22)32(29,30)26-16-4-2-3-15(11-16)21(23,24)25/h2-6,11-12,14,26H,7-10,13H2,1H3. The maximum absolute atomic E-state index is 12.9. The van der Waals surface area contributed by atoms with E-state index in [4.69, 9.17) is 16.3 Å². The summed E-state index contributed by atoms with van der Waals surface area (Å²) >= 11 is 6.12. The Hall–Kier alpha value is -2.46. The van der Waals surface area contributed by atoms with Gasteiger partial charge in [0.05, 0.1) is 15.5 Å². The zero-order chi connectivity index (χ0) is 23.5. The third-order valence-electron chi connectivity index (χ3n) is 5.14. The fourth-order valence-electron chi connectivity index (χ4n) is 3.23. The Bertz CT molecular complexity index is 1080. The minimum atomic E-state index is -4.60. The number of hydrogen-bond donors (Lipinski definition) is 1. The van der Waals surface area contributed by atoms with Gasteiger partial charge >= 0.3 is 6.18 Å². The van der Waals surface area contributed by atoms with Gasteiger partial charge in [-0.05, 0) is 55.2 Å². The number of rotatable bonds is 6. The number of alkyl halides is 3. The molecule has 0 saturated carbocycles. The Kier molecular flexibility index (Phi) is 7.24. The van der Waals surface area contributed by atoms with Crippen molar-refractivity contribution in [2.75, 3.05) is 24.4 Å². The van der Waals surface area contributed by atoms with Crippen molar-refractivity contribution < 1.29 is 31.1 Å². The first-order chi connectivity index (χ1) is 15.0. The maximum atomic E-state index is 12.9. The predicted molar refractivity (Wildman–Crippen MR) is 114 cm³/mol.